The zero-order chi connectivity index (χ0) is 9.97. The van der Waals surface area contributed by atoms with Crippen molar-refractivity contribution >= 4 is 21.7 Å². The van der Waals surface area contributed by atoms with Crippen molar-refractivity contribution in [3.8, 4) is 0 Å². The normalized spacial score (nSPS) is 10.4. The molecule has 74 valence electrons. The monoisotopic (exact) mass is 256 g/mol. The summed E-state index contributed by atoms with van der Waals surface area (Å²) in [6.07, 6.45) is 1.87. The lowest BCUT2D eigenvalue weighted by atomic mass is 10.4. The summed E-state index contributed by atoms with van der Waals surface area (Å²) in [5.74, 6) is 1.59. The summed E-state index contributed by atoms with van der Waals surface area (Å²) in [5.41, 5.74) is 0. The molecular weight excluding hydrogens is 248 g/mol. The Morgan fingerprint density at radius 1 is 1.64 bits per heavy atom. The predicted molar refractivity (Wildman–Crippen MR) is 54.7 cm³/mol. The number of aryl methyl sites for hydroxylation is 1. The lowest BCUT2D eigenvalue weighted by Crippen LogP contribution is -1.99. The van der Waals surface area contributed by atoms with Crippen molar-refractivity contribution in [2.24, 2.45) is 7.05 Å². The summed E-state index contributed by atoms with van der Waals surface area (Å²) in [6, 6.07) is 3.71. The number of halogens is 1. The Labute approximate surface area is 89.2 Å². The van der Waals surface area contributed by atoms with Crippen LogP contribution in [0, 0.1) is 0 Å². The Kier molecular flexibility index (Phi) is 2.53. The van der Waals surface area contributed by atoms with E-state index >= 15 is 0 Å². The maximum atomic E-state index is 5.00. The second-order valence-electron chi connectivity index (χ2n) is 2.84. The fraction of sp³-hybridized carbons (Fsp3) is 0.250. The Morgan fingerprint density at radius 2 is 2.50 bits per heavy atom. The second-order valence-corrected chi connectivity index (χ2v) is 3.66. The third-order valence-corrected chi connectivity index (χ3v) is 2.06. The van der Waals surface area contributed by atoms with Crippen molar-refractivity contribution in [3.05, 3.63) is 28.7 Å². The van der Waals surface area contributed by atoms with Gasteiger partial charge < -0.3 is 9.84 Å². The molecule has 0 bridgehead atoms. The van der Waals surface area contributed by atoms with Gasteiger partial charge in [-0.15, -0.1) is 0 Å². The molecule has 0 saturated heterocycles. The molecule has 0 saturated carbocycles. The first-order valence-electron chi connectivity index (χ1n) is 4.08. The lowest BCUT2D eigenvalue weighted by molar-refractivity contribution is 0.384. The number of aromatic nitrogens is 3. The van der Waals surface area contributed by atoms with Crippen molar-refractivity contribution in [2.75, 3.05) is 5.32 Å². The quantitative estimate of drug-likeness (QED) is 0.910. The van der Waals surface area contributed by atoms with Crippen LogP contribution in [0.25, 0.3) is 0 Å². The van der Waals surface area contributed by atoms with Crippen molar-refractivity contribution < 1.29 is 4.52 Å². The average molecular weight is 257 g/mol. The molecule has 5 nitrogen and oxygen atoms in total. The maximum Gasteiger partial charge on any atom is 0.156 e. The first-order chi connectivity index (χ1) is 6.74. The SMILES string of the molecule is Cn1ccc(NCc2cc(Br)no2)n1. The van der Waals surface area contributed by atoms with Crippen molar-refractivity contribution in [1.82, 2.24) is 14.9 Å². The fourth-order valence-electron chi connectivity index (χ4n) is 1.06. The summed E-state index contributed by atoms with van der Waals surface area (Å²) >= 11 is 3.21. The largest absolute Gasteiger partial charge is 0.361 e. The minimum absolute atomic E-state index is 0.579. The van der Waals surface area contributed by atoms with E-state index in [1.807, 2.05) is 25.4 Å². The predicted octanol–water partition coefficient (Wildman–Crippen LogP) is 1.78. The van der Waals surface area contributed by atoms with Gasteiger partial charge in [-0.1, -0.05) is 5.16 Å². The molecule has 2 aromatic heterocycles. The Bertz CT molecular complexity index is 382. The van der Waals surface area contributed by atoms with E-state index in [0.29, 0.717) is 11.1 Å². The van der Waals surface area contributed by atoms with Gasteiger partial charge in [0, 0.05) is 25.4 Å². The van der Waals surface area contributed by atoms with Crippen LogP contribution in [0.1, 0.15) is 5.76 Å². The highest BCUT2D eigenvalue weighted by molar-refractivity contribution is 9.10. The zero-order valence-corrected chi connectivity index (χ0v) is 9.15. The van der Waals surface area contributed by atoms with Crippen LogP contribution in [0.4, 0.5) is 5.82 Å². The number of rotatable bonds is 3. The van der Waals surface area contributed by atoms with Gasteiger partial charge in [-0.25, -0.2) is 0 Å². The van der Waals surface area contributed by atoms with Crippen molar-refractivity contribution in [3.63, 3.8) is 0 Å². The standard InChI is InChI=1S/C8H9BrN4O/c1-13-3-2-8(11-13)10-5-6-4-7(9)12-14-6/h2-4H,5H2,1H3,(H,10,11). The molecule has 0 fully saturated rings. The van der Waals surface area contributed by atoms with Gasteiger partial charge in [0.15, 0.2) is 5.76 Å². The molecule has 0 amide bonds. The molecule has 2 aromatic rings. The average Bonchev–Trinajstić information content (AvgIpc) is 2.72. The highest BCUT2D eigenvalue weighted by atomic mass is 79.9. The van der Waals surface area contributed by atoms with Crippen molar-refractivity contribution in [2.45, 2.75) is 6.54 Å². The summed E-state index contributed by atoms with van der Waals surface area (Å²) in [6.45, 7) is 0.579. The molecule has 0 aliphatic heterocycles. The third-order valence-electron chi connectivity index (χ3n) is 1.69. The Hall–Kier alpha value is -1.30. The molecule has 2 rings (SSSR count). The molecule has 0 aliphatic rings. The minimum Gasteiger partial charge on any atom is -0.361 e. The van der Waals surface area contributed by atoms with E-state index in [1.165, 1.54) is 0 Å². The van der Waals surface area contributed by atoms with Gasteiger partial charge in [0.1, 0.15) is 10.4 Å². The van der Waals surface area contributed by atoms with Crippen LogP contribution in [-0.2, 0) is 13.6 Å². The molecule has 0 spiro atoms. The van der Waals surface area contributed by atoms with Crippen LogP contribution in [-0.4, -0.2) is 14.9 Å². The summed E-state index contributed by atoms with van der Waals surface area (Å²) in [5, 5.41) is 11.0. The van der Waals surface area contributed by atoms with Crippen LogP contribution in [0.3, 0.4) is 0 Å². The lowest BCUT2D eigenvalue weighted by Gasteiger charge is -1.97. The van der Waals surface area contributed by atoms with E-state index in [4.69, 9.17) is 4.52 Å². The molecule has 6 heteroatoms. The van der Waals surface area contributed by atoms with E-state index in [2.05, 4.69) is 31.5 Å². The summed E-state index contributed by atoms with van der Waals surface area (Å²) in [7, 11) is 1.87. The van der Waals surface area contributed by atoms with E-state index in [1.54, 1.807) is 4.68 Å². The van der Waals surface area contributed by atoms with Crippen LogP contribution >= 0.6 is 15.9 Å². The number of anilines is 1. The summed E-state index contributed by atoms with van der Waals surface area (Å²) < 4.78 is 7.44. The topological polar surface area (TPSA) is 55.9 Å². The van der Waals surface area contributed by atoms with Crippen LogP contribution in [0.15, 0.2) is 27.5 Å². The molecule has 0 atom stereocenters. The minimum atomic E-state index is 0.579. The zero-order valence-electron chi connectivity index (χ0n) is 7.57. The molecule has 0 aliphatic carbocycles. The number of nitrogens with one attached hydrogen (secondary N) is 1. The van der Waals surface area contributed by atoms with Crippen molar-refractivity contribution in [1.29, 1.82) is 0 Å². The third kappa shape index (κ3) is 2.14. The van der Waals surface area contributed by atoms with Crippen LogP contribution in [0.2, 0.25) is 0 Å². The van der Waals surface area contributed by atoms with Gasteiger partial charge in [-0.2, -0.15) is 5.10 Å². The van der Waals surface area contributed by atoms with Crippen LogP contribution in [0.5, 0.6) is 0 Å². The molecule has 2 heterocycles. The van der Waals surface area contributed by atoms with Gasteiger partial charge in [0.2, 0.25) is 0 Å². The first kappa shape index (κ1) is 9.26. The Morgan fingerprint density at radius 3 is 3.07 bits per heavy atom. The smallest absolute Gasteiger partial charge is 0.156 e. The maximum absolute atomic E-state index is 5.00. The molecule has 1 N–H and O–H groups in total. The number of hydrogen-bond donors (Lipinski definition) is 1. The molecule has 0 radical (unpaired) electrons. The molecular formula is C8H9BrN4O. The van der Waals surface area contributed by atoms with E-state index < -0.39 is 0 Å². The second kappa shape index (κ2) is 3.83. The fourth-order valence-corrected chi connectivity index (χ4v) is 1.39. The highest BCUT2D eigenvalue weighted by Crippen LogP contribution is 2.11. The first-order valence-corrected chi connectivity index (χ1v) is 4.88. The van der Waals surface area contributed by atoms with Gasteiger partial charge >= 0.3 is 0 Å². The van der Waals surface area contributed by atoms with Gasteiger partial charge in [0.05, 0.1) is 6.54 Å². The van der Waals surface area contributed by atoms with Gasteiger partial charge in [0.25, 0.3) is 0 Å². The van der Waals surface area contributed by atoms with Gasteiger partial charge in [-0.05, 0) is 15.9 Å². The molecule has 0 aromatic carbocycles. The highest BCUT2D eigenvalue weighted by Gasteiger charge is 2.01. The van der Waals surface area contributed by atoms with E-state index in [9.17, 15) is 0 Å². The van der Waals surface area contributed by atoms with Gasteiger partial charge in [-0.3, -0.25) is 4.68 Å². The summed E-state index contributed by atoms with van der Waals surface area (Å²) in [4.78, 5) is 0. The molecule has 0 unspecified atom stereocenters. The van der Waals surface area contributed by atoms with Crippen LogP contribution < -0.4 is 5.32 Å². The van der Waals surface area contributed by atoms with E-state index in [0.717, 1.165) is 11.6 Å². The van der Waals surface area contributed by atoms with E-state index in [-0.39, 0.29) is 0 Å². The Balaban J connectivity index is 1.94. The molecule has 14 heavy (non-hydrogen) atoms. The number of hydrogen-bond acceptors (Lipinski definition) is 4. The number of nitrogens with zero attached hydrogens (tertiary/aromatic N) is 3.